The molecular formula is C24H29FN4O7S. The third-order valence-corrected chi connectivity index (χ3v) is 6.40. The number of fused-ring (bicyclic) bond motifs is 1. The van der Waals surface area contributed by atoms with E-state index < -0.39 is 27.7 Å². The SMILES string of the molecule is CNS(=O)(=O)Nc1cccc(Cc2c(CN(C)C)c3c(OC)cc(OC(=O)N(C)C)cc3oc2=O)c1F. The quantitative estimate of drug-likeness (QED) is 0.399. The van der Waals surface area contributed by atoms with Crippen molar-refractivity contribution in [2.45, 2.75) is 13.0 Å². The first-order valence-electron chi connectivity index (χ1n) is 11.1. The molecule has 0 unspecified atom stereocenters. The van der Waals surface area contributed by atoms with Gasteiger partial charge in [-0.3, -0.25) is 4.72 Å². The van der Waals surface area contributed by atoms with Crippen molar-refractivity contribution in [3.63, 3.8) is 0 Å². The smallest absolute Gasteiger partial charge is 0.414 e. The zero-order valence-corrected chi connectivity index (χ0v) is 22.2. The molecular weight excluding hydrogens is 507 g/mol. The Morgan fingerprint density at radius 1 is 1.14 bits per heavy atom. The number of rotatable bonds is 9. The van der Waals surface area contributed by atoms with Crippen molar-refractivity contribution in [2.75, 3.05) is 47.1 Å². The van der Waals surface area contributed by atoms with E-state index in [0.29, 0.717) is 10.9 Å². The minimum atomic E-state index is -3.96. The lowest BCUT2D eigenvalue weighted by atomic mass is 9.97. The van der Waals surface area contributed by atoms with Gasteiger partial charge in [-0.2, -0.15) is 8.42 Å². The van der Waals surface area contributed by atoms with Crippen molar-refractivity contribution in [2.24, 2.45) is 0 Å². The lowest BCUT2D eigenvalue weighted by molar-refractivity contribution is 0.172. The van der Waals surface area contributed by atoms with E-state index in [2.05, 4.69) is 9.44 Å². The average molecular weight is 537 g/mol. The van der Waals surface area contributed by atoms with E-state index in [1.807, 2.05) is 4.90 Å². The lowest BCUT2D eigenvalue weighted by Gasteiger charge is -2.19. The van der Waals surface area contributed by atoms with E-state index >= 15 is 4.39 Å². The zero-order valence-electron chi connectivity index (χ0n) is 21.3. The number of nitrogens with zero attached hydrogens (tertiary/aromatic N) is 2. The Bertz CT molecular complexity index is 1490. The van der Waals surface area contributed by atoms with Gasteiger partial charge in [0.15, 0.2) is 5.82 Å². The molecule has 0 saturated heterocycles. The van der Waals surface area contributed by atoms with Gasteiger partial charge < -0.3 is 23.7 Å². The Morgan fingerprint density at radius 2 is 1.84 bits per heavy atom. The molecule has 0 bridgehead atoms. The number of benzene rings is 2. The molecule has 0 saturated carbocycles. The fourth-order valence-electron chi connectivity index (χ4n) is 3.64. The van der Waals surface area contributed by atoms with Crippen LogP contribution >= 0.6 is 0 Å². The van der Waals surface area contributed by atoms with Gasteiger partial charge in [0.1, 0.15) is 17.1 Å². The zero-order chi connectivity index (χ0) is 27.5. The van der Waals surface area contributed by atoms with Crippen molar-refractivity contribution in [3.05, 3.63) is 63.3 Å². The van der Waals surface area contributed by atoms with Crippen LogP contribution in [-0.4, -0.2) is 66.7 Å². The summed E-state index contributed by atoms with van der Waals surface area (Å²) in [6.45, 7) is 0.276. The number of hydrogen-bond acceptors (Lipinski definition) is 8. The molecule has 1 amide bonds. The van der Waals surface area contributed by atoms with Crippen LogP contribution < -0.4 is 24.5 Å². The van der Waals surface area contributed by atoms with Gasteiger partial charge in [-0.25, -0.2) is 18.7 Å². The van der Waals surface area contributed by atoms with Crippen LogP contribution in [0.2, 0.25) is 0 Å². The van der Waals surface area contributed by atoms with Gasteiger partial charge in [0.2, 0.25) is 0 Å². The molecule has 2 aromatic carbocycles. The lowest BCUT2D eigenvalue weighted by Crippen LogP contribution is -2.27. The van der Waals surface area contributed by atoms with Gasteiger partial charge in [-0.05, 0) is 31.3 Å². The molecule has 200 valence electrons. The summed E-state index contributed by atoms with van der Waals surface area (Å²) in [5.41, 5.74) is -0.0792. The predicted octanol–water partition coefficient (Wildman–Crippen LogP) is 2.53. The van der Waals surface area contributed by atoms with Crippen LogP contribution in [0.5, 0.6) is 11.5 Å². The maximum atomic E-state index is 15.3. The Kier molecular flexibility index (Phi) is 8.41. The number of hydrogen-bond donors (Lipinski definition) is 2. The normalized spacial score (nSPS) is 11.6. The molecule has 11 nitrogen and oxygen atoms in total. The number of nitrogens with one attached hydrogen (secondary N) is 2. The van der Waals surface area contributed by atoms with Crippen LogP contribution in [-0.2, 0) is 23.2 Å². The van der Waals surface area contributed by atoms with E-state index in [9.17, 15) is 18.0 Å². The third-order valence-electron chi connectivity index (χ3n) is 5.38. The molecule has 37 heavy (non-hydrogen) atoms. The molecule has 1 aromatic heterocycles. The summed E-state index contributed by atoms with van der Waals surface area (Å²) in [4.78, 5) is 28.3. The molecule has 13 heteroatoms. The van der Waals surface area contributed by atoms with Gasteiger partial charge in [0.25, 0.3) is 10.2 Å². The molecule has 3 rings (SSSR count). The van der Waals surface area contributed by atoms with E-state index in [-0.39, 0.29) is 46.9 Å². The van der Waals surface area contributed by atoms with Crippen LogP contribution in [0.3, 0.4) is 0 Å². The summed E-state index contributed by atoms with van der Waals surface area (Å²) >= 11 is 0. The number of ether oxygens (including phenoxy) is 2. The molecule has 0 spiro atoms. The van der Waals surface area contributed by atoms with Gasteiger partial charge in [-0.1, -0.05) is 12.1 Å². The van der Waals surface area contributed by atoms with Crippen LogP contribution in [0.15, 0.2) is 39.5 Å². The second-order valence-corrected chi connectivity index (χ2v) is 10.2. The molecule has 0 aliphatic carbocycles. The van der Waals surface area contributed by atoms with Crippen molar-refractivity contribution in [1.82, 2.24) is 14.5 Å². The number of methoxy groups -OCH3 is 1. The molecule has 0 radical (unpaired) electrons. The second kappa shape index (κ2) is 11.2. The summed E-state index contributed by atoms with van der Waals surface area (Å²) in [5.74, 6) is -0.420. The highest BCUT2D eigenvalue weighted by Gasteiger charge is 2.23. The number of amides is 1. The third kappa shape index (κ3) is 6.37. The molecule has 2 N–H and O–H groups in total. The monoisotopic (exact) mass is 536 g/mol. The largest absolute Gasteiger partial charge is 0.496 e. The van der Waals surface area contributed by atoms with Gasteiger partial charge in [0, 0.05) is 51.8 Å². The first-order chi connectivity index (χ1) is 17.4. The fourth-order valence-corrected chi connectivity index (χ4v) is 4.19. The highest BCUT2D eigenvalue weighted by Crippen LogP contribution is 2.36. The highest BCUT2D eigenvalue weighted by atomic mass is 32.2. The second-order valence-electron chi connectivity index (χ2n) is 8.61. The average Bonchev–Trinajstić information content (AvgIpc) is 2.82. The topological polar surface area (TPSA) is 130 Å². The Hall–Kier alpha value is -3.68. The van der Waals surface area contributed by atoms with E-state index in [1.54, 1.807) is 14.1 Å². The Balaban J connectivity index is 2.19. The molecule has 3 aromatic rings. The molecule has 0 aliphatic heterocycles. The molecule has 0 fully saturated rings. The summed E-state index contributed by atoms with van der Waals surface area (Å²) in [7, 11) is 5.32. The molecule has 0 atom stereocenters. The van der Waals surface area contributed by atoms with Crippen LogP contribution in [0.25, 0.3) is 11.0 Å². The first-order valence-corrected chi connectivity index (χ1v) is 12.5. The predicted molar refractivity (Wildman–Crippen MR) is 137 cm³/mol. The maximum absolute atomic E-state index is 15.3. The summed E-state index contributed by atoms with van der Waals surface area (Å²) < 4.78 is 59.6. The van der Waals surface area contributed by atoms with E-state index in [1.165, 1.54) is 63.5 Å². The van der Waals surface area contributed by atoms with Crippen molar-refractivity contribution in [3.8, 4) is 11.5 Å². The molecule has 1 heterocycles. The van der Waals surface area contributed by atoms with Crippen LogP contribution in [0.1, 0.15) is 16.7 Å². The van der Waals surface area contributed by atoms with Gasteiger partial charge in [-0.15, -0.1) is 0 Å². The Labute approximate surface area is 213 Å². The number of carbonyl (C=O) groups excluding carboxylic acids is 1. The van der Waals surface area contributed by atoms with E-state index in [0.717, 1.165) is 0 Å². The maximum Gasteiger partial charge on any atom is 0.414 e. The number of halogens is 1. The number of carbonyl (C=O) groups is 1. The van der Waals surface area contributed by atoms with Gasteiger partial charge in [0.05, 0.1) is 18.2 Å². The fraction of sp³-hybridized carbons (Fsp3) is 0.333. The molecule has 0 aliphatic rings. The standard InChI is InChI=1S/C24H29FN4O7S/c1-26-37(32,33)27-18-9-7-8-14(22(18)25)10-16-17(13-28(2)3)21-19(34-6)11-15(35-24(31)29(4)5)12-20(21)36-23(16)30/h7-9,11-12,26-27H,10,13H2,1-6H3. The number of anilines is 1. The summed E-state index contributed by atoms with van der Waals surface area (Å²) in [6, 6.07) is 7.12. The minimum absolute atomic E-state index is 0.0819. The van der Waals surface area contributed by atoms with E-state index in [4.69, 9.17) is 13.9 Å². The summed E-state index contributed by atoms with van der Waals surface area (Å²) in [5, 5.41) is 0.461. The van der Waals surface area contributed by atoms with Crippen molar-refractivity contribution in [1.29, 1.82) is 0 Å². The first kappa shape index (κ1) is 27.9. The minimum Gasteiger partial charge on any atom is -0.496 e. The summed E-state index contributed by atoms with van der Waals surface area (Å²) in [6.07, 6.45) is -0.804. The van der Waals surface area contributed by atoms with Gasteiger partial charge >= 0.3 is 11.7 Å². The van der Waals surface area contributed by atoms with Crippen molar-refractivity contribution >= 4 is 33.0 Å². The van der Waals surface area contributed by atoms with Crippen molar-refractivity contribution < 1.29 is 31.5 Å². The Morgan fingerprint density at radius 3 is 2.43 bits per heavy atom. The van der Waals surface area contributed by atoms with Crippen LogP contribution in [0, 0.1) is 5.82 Å². The van der Waals surface area contributed by atoms with Crippen LogP contribution in [0.4, 0.5) is 14.9 Å². The highest BCUT2D eigenvalue weighted by molar-refractivity contribution is 7.90.